The molecule has 1 aromatic rings. The molecule has 3 aliphatic rings. The lowest BCUT2D eigenvalue weighted by atomic mass is 10.0. The Morgan fingerprint density at radius 3 is 2.52 bits per heavy atom. The molecule has 0 saturated heterocycles. The molecule has 0 aromatic heterocycles. The Balaban J connectivity index is 1.34. The molecule has 2 amide bonds. The van der Waals surface area contributed by atoms with E-state index in [1.54, 1.807) is 0 Å². The highest BCUT2D eigenvalue weighted by atomic mass is 16.3. The summed E-state index contributed by atoms with van der Waals surface area (Å²) in [6.07, 6.45) is 5.59. The lowest BCUT2D eigenvalue weighted by molar-refractivity contribution is 0.230. The first-order valence-electron chi connectivity index (χ1n) is 9.00. The number of nitrogens with one attached hydrogen (secondary N) is 2. The van der Waals surface area contributed by atoms with Gasteiger partial charge in [-0.05, 0) is 61.3 Å². The monoisotopic (exact) mass is 314 g/mol. The molecule has 3 aliphatic carbocycles. The van der Waals surface area contributed by atoms with Gasteiger partial charge in [-0.3, -0.25) is 0 Å². The zero-order valence-electron chi connectivity index (χ0n) is 13.4. The minimum Gasteiger partial charge on any atom is -0.396 e. The van der Waals surface area contributed by atoms with Gasteiger partial charge in [-0.15, -0.1) is 0 Å². The summed E-state index contributed by atoms with van der Waals surface area (Å²) in [5.41, 5.74) is 1.10. The predicted octanol–water partition coefficient (Wildman–Crippen LogP) is 2.84. The third kappa shape index (κ3) is 2.85. The summed E-state index contributed by atoms with van der Waals surface area (Å²) in [5.74, 6) is 3.25. The number of carbonyl (C=O) groups excluding carboxylic acids is 1. The van der Waals surface area contributed by atoms with E-state index < -0.39 is 0 Å². The van der Waals surface area contributed by atoms with Gasteiger partial charge in [0.15, 0.2) is 0 Å². The van der Waals surface area contributed by atoms with E-state index in [9.17, 15) is 4.79 Å². The fourth-order valence-corrected chi connectivity index (χ4v) is 5.17. The van der Waals surface area contributed by atoms with Crippen LogP contribution in [0.2, 0.25) is 0 Å². The maximum absolute atomic E-state index is 12.4. The molecule has 5 atom stereocenters. The van der Waals surface area contributed by atoms with Gasteiger partial charge in [-0.25, -0.2) is 4.79 Å². The highest BCUT2D eigenvalue weighted by Crippen LogP contribution is 2.65. The minimum atomic E-state index is -0.0457. The summed E-state index contributed by atoms with van der Waals surface area (Å²) >= 11 is 0. The lowest BCUT2D eigenvalue weighted by Gasteiger charge is -2.20. The maximum Gasteiger partial charge on any atom is 0.315 e. The quantitative estimate of drug-likeness (QED) is 0.756. The van der Waals surface area contributed by atoms with Crippen molar-refractivity contribution in [2.24, 2.45) is 23.7 Å². The smallest absolute Gasteiger partial charge is 0.315 e. The van der Waals surface area contributed by atoms with E-state index in [0.717, 1.165) is 35.7 Å². The second-order valence-corrected chi connectivity index (χ2v) is 7.46. The number of carbonyl (C=O) groups is 1. The van der Waals surface area contributed by atoms with Crippen LogP contribution in [0.1, 0.15) is 43.7 Å². The van der Waals surface area contributed by atoms with Crippen molar-refractivity contribution >= 4 is 6.03 Å². The number of urea groups is 1. The first-order valence-corrected chi connectivity index (χ1v) is 9.00. The van der Waals surface area contributed by atoms with Crippen molar-refractivity contribution in [3.63, 3.8) is 0 Å². The van der Waals surface area contributed by atoms with E-state index in [1.807, 2.05) is 30.3 Å². The Hall–Kier alpha value is -1.55. The van der Waals surface area contributed by atoms with Crippen LogP contribution in [0.25, 0.3) is 0 Å². The molecule has 0 radical (unpaired) electrons. The van der Waals surface area contributed by atoms with Gasteiger partial charge in [0.25, 0.3) is 0 Å². The molecule has 1 aromatic carbocycles. The van der Waals surface area contributed by atoms with Gasteiger partial charge >= 0.3 is 6.03 Å². The molecular weight excluding hydrogens is 288 g/mol. The van der Waals surface area contributed by atoms with Crippen LogP contribution >= 0.6 is 0 Å². The molecule has 2 bridgehead atoms. The average molecular weight is 314 g/mol. The van der Waals surface area contributed by atoms with Gasteiger partial charge in [0.2, 0.25) is 0 Å². The van der Waals surface area contributed by atoms with Crippen molar-refractivity contribution < 1.29 is 9.90 Å². The molecule has 124 valence electrons. The Kier molecular flexibility index (Phi) is 4.02. The van der Waals surface area contributed by atoms with Gasteiger partial charge in [0, 0.05) is 12.6 Å². The Morgan fingerprint density at radius 1 is 1.17 bits per heavy atom. The molecule has 3 N–H and O–H groups in total. The predicted molar refractivity (Wildman–Crippen MR) is 88.8 cm³/mol. The number of aliphatic hydroxyl groups is 1. The van der Waals surface area contributed by atoms with Crippen LogP contribution < -0.4 is 10.6 Å². The molecule has 4 heteroatoms. The third-order valence-electron chi connectivity index (χ3n) is 6.19. The van der Waals surface area contributed by atoms with Crippen LogP contribution in [0.3, 0.4) is 0 Å². The van der Waals surface area contributed by atoms with Gasteiger partial charge < -0.3 is 15.7 Å². The van der Waals surface area contributed by atoms with E-state index in [-0.39, 0.29) is 18.7 Å². The maximum atomic E-state index is 12.4. The molecule has 0 spiro atoms. The second kappa shape index (κ2) is 6.16. The number of amides is 2. The van der Waals surface area contributed by atoms with Gasteiger partial charge in [-0.2, -0.15) is 0 Å². The second-order valence-electron chi connectivity index (χ2n) is 7.46. The van der Waals surface area contributed by atoms with Crippen LogP contribution in [-0.2, 0) is 0 Å². The SMILES string of the molecule is O=C(NC(CCCO)c1ccccc1)NC1C2C3CCC(C3)C12. The van der Waals surface area contributed by atoms with E-state index in [2.05, 4.69) is 10.6 Å². The van der Waals surface area contributed by atoms with Crippen LogP contribution in [0.5, 0.6) is 0 Å². The van der Waals surface area contributed by atoms with Crippen molar-refractivity contribution in [2.45, 2.75) is 44.2 Å². The molecular formula is C19H26N2O2. The lowest BCUT2D eigenvalue weighted by Crippen LogP contribution is -2.41. The molecule has 23 heavy (non-hydrogen) atoms. The number of rotatable bonds is 6. The van der Waals surface area contributed by atoms with E-state index in [0.29, 0.717) is 12.5 Å². The van der Waals surface area contributed by atoms with Gasteiger partial charge in [0.05, 0.1) is 6.04 Å². The summed E-state index contributed by atoms with van der Waals surface area (Å²) in [7, 11) is 0. The van der Waals surface area contributed by atoms with Crippen molar-refractivity contribution in [1.29, 1.82) is 0 Å². The van der Waals surface area contributed by atoms with Crippen LogP contribution in [0, 0.1) is 23.7 Å². The fraction of sp³-hybridized carbons (Fsp3) is 0.632. The molecule has 4 rings (SSSR count). The normalized spacial score (nSPS) is 34.7. The number of benzene rings is 1. The van der Waals surface area contributed by atoms with Gasteiger partial charge in [0.1, 0.15) is 0 Å². The largest absolute Gasteiger partial charge is 0.396 e. The fourth-order valence-electron chi connectivity index (χ4n) is 5.17. The molecule has 0 heterocycles. The summed E-state index contributed by atoms with van der Waals surface area (Å²) < 4.78 is 0. The van der Waals surface area contributed by atoms with Crippen molar-refractivity contribution in [1.82, 2.24) is 10.6 Å². The van der Waals surface area contributed by atoms with E-state index in [1.165, 1.54) is 19.3 Å². The molecule has 0 aliphatic heterocycles. The van der Waals surface area contributed by atoms with Crippen LogP contribution in [-0.4, -0.2) is 23.8 Å². The van der Waals surface area contributed by atoms with E-state index >= 15 is 0 Å². The van der Waals surface area contributed by atoms with Crippen molar-refractivity contribution in [3.05, 3.63) is 35.9 Å². The number of hydrogen-bond donors (Lipinski definition) is 3. The minimum absolute atomic E-state index is 0.0290. The topological polar surface area (TPSA) is 61.4 Å². The third-order valence-corrected chi connectivity index (χ3v) is 6.19. The Labute approximate surface area is 137 Å². The van der Waals surface area contributed by atoms with Crippen molar-refractivity contribution in [2.75, 3.05) is 6.61 Å². The first-order chi connectivity index (χ1) is 11.3. The Bertz CT molecular complexity index is 546. The zero-order valence-corrected chi connectivity index (χ0v) is 13.4. The molecule has 5 unspecified atom stereocenters. The number of fused-ring (bicyclic) bond motifs is 5. The highest BCUT2D eigenvalue weighted by molar-refractivity contribution is 5.75. The molecule has 3 fully saturated rings. The molecule has 4 nitrogen and oxygen atoms in total. The van der Waals surface area contributed by atoms with Crippen LogP contribution in [0.15, 0.2) is 30.3 Å². The number of hydrogen-bond acceptors (Lipinski definition) is 2. The standard InChI is InChI=1S/C19H26N2O2/c22-10-4-7-15(12-5-2-1-3-6-12)20-19(23)21-18-16-13-8-9-14(11-13)17(16)18/h1-3,5-6,13-18,22H,4,7-11H2,(H2,20,21,23). The first kappa shape index (κ1) is 15.0. The number of aliphatic hydroxyl groups excluding tert-OH is 1. The zero-order chi connectivity index (χ0) is 15.8. The summed E-state index contributed by atoms with van der Waals surface area (Å²) in [6, 6.07) is 10.4. The van der Waals surface area contributed by atoms with Crippen LogP contribution in [0.4, 0.5) is 4.79 Å². The average Bonchev–Trinajstić information content (AvgIpc) is 2.95. The summed E-state index contributed by atoms with van der Waals surface area (Å²) in [5, 5.41) is 15.4. The summed E-state index contributed by atoms with van der Waals surface area (Å²) in [6.45, 7) is 0.156. The summed E-state index contributed by atoms with van der Waals surface area (Å²) in [4.78, 5) is 12.4. The van der Waals surface area contributed by atoms with E-state index in [4.69, 9.17) is 5.11 Å². The Morgan fingerprint density at radius 2 is 1.87 bits per heavy atom. The molecule has 3 saturated carbocycles. The van der Waals surface area contributed by atoms with Crippen molar-refractivity contribution in [3.8, 4) is 0 Å². The highest BCUT2D eigenvalue weighted by Gasteiger charge is 2.65. The van der Waals surface area contributed by atoms with Gasteiger partial charge in [-0.1, -0.05) is 30.3 Å².